The van der Waals surface area contributed by atoms with Crippen LogP contribution >= 0.6 is 0 Å². The maximum atomic E-state index is 14.5. The van der Waals surface area contributed by atoms with Gasteiger partial charge in [0, 0.05) is 47.1 Å². The molecule has 9 nitrogen and oxygen atoms in total. The monoisotopic (exact) mass is 437 g/mol. The number of hydrogen-bond acceptors (Lipinski definition) is 7. The van der Waals surface area contributed by atoms with E-state index >= 15 is 0 Å². The second kappa shape index (κ2) is 7.86. The van der Waals surface area contributed by atoms with Gasteiger partial charge in [-0.25, -0.2) is 9.37 Å². The largest absolute Gasteiger partial charge is 0.493 e. The molecule has 0 saturated heterocycles. The first-order valence-corrected chi connectivity index (χ1v) is 10.5. The Hall–Kier alpha value is -3.53. The standard InChI is InChI=1S/C22H24FN7O2/c1-12(31)10-30-14(3)20(13(2)28-30)17-9-25-22(29-11-26-27-21(17)29)24-8-16-15-6-7-32-19(15)5-4-18(16)23/h4-5,9,11-12,31H,6-8,10H2,1-3H3,(H,24,25)/t12-/m1/s1. The van der Waals surface area contributed by atoms with Crippen LogP contribution in [0.4, 0.5) is 10.3 Å². The van der Waals surface area contributed by atoms with E-state index in [0.29, 0.717) is 36.7 Å². The minimum absolute atomic E-state index is 0.266. The summed E-state index contributed by atoms with van der Waals surface area (Å²) in [6.07, 6.45) is 3.48. The van der Waals surface area contributed by atoms with Gasteiger partial charge in [0.1, 0.15) is 17.9 Å². The summed E-state index contributed by atoms with van der Waals surface area (Å²) in [6.45, 7) is 6.84. The van der Waals surface area contributed by atoms with E-state index in [1.54, 1.807) is 34.6 Å². The molecule has 4 aromatic rings. The Morgan fingerprint density at radius 3 is 2.97 bits per heavy atom. The number of rotatable bonds is 6. The van der Waals surface area contributed by atoms with Crippen molar-refractivity contribution in [2.45, 2.75) is 46.4 Å². The van der Waals surface area contributed by atoms with Gasteiger partial charge in [-0.15, -0.1) is 10.2 Å². The number of halogens is 1. The molecule has 1 atom stereocenters. The van der Waals surface area contributed by atoms with Crippen LogP contribution in [0.5, 0.6) is 5.75 Å². The molecule has 0 bridgehead atoms. The van der Waals surface area contributed by atoms with Crippen LogP contribution in [0, 0.1) is 19.7 Å². The molecule has 0 saturated carbocycles. The van der Waals surface area contributed by atoms with Crippen LogP contribution in [0.1, 0.15) is 29.4 Å². The lowest BCUT2D eigenvalue weighted by Crippen LogP contribution is -2.14. The number of aliphatic hydroxyl groups is 1. The Balaban J connectivity index is 1.50. The van der Waals surface area contributed by atoms with E-state index in [1.165, 1.54) is 6.07 Å². The van der Waals surface area contributed by atoms with E-state index in [4.69, 9.17) is 4.74 Å². The predicted octanol–water partition coefficient (Wildman–Crippen LogP) is 2.67. The van der Waals surface area contributed by atoms with Crippen LogP contribution in [0.15, 0.2) is 24.7 Å². The third-order valence-corrected chi connectivity index (χ3v) is 5.78. The number of aryl methyl sites for hydroxylation is 1. The highest BCUT2D eigenvalue weighted by Crippen LogP contribution is 2.32. The van der Waals surface area contributed by atoms with Crippen LogP contribution in [0.25, 0.3) is 16.8 Å². The zero-order valence-electron chi connectivity index (χ0n) is 18.1. The van der Waals surface area contributed by atoms with E-state index in [2.05, 4.69) is 25.6 Å². The number of hydrogen-bond donors (Lipinski definition) is 2. The van der Waals surface area contributed by atoms with Gasteiger partial charge in [0.2, 0.25) is 5.95 Å². The topological polar surface area (TPSA) is 102 Å². The summed E-state index contributed by atoms with van der Waals surface area (Å²) >= 11 is 0. The van der Waals surface area contributed by atoms with Crippen LogP contribution in [0.3, 0.4) is 0 Å². The Bertz CT molecular complexity index is 1310. The highest BCUT2D eigenvalue weighted by Gasteiger charge is 2.22. The molecule has 0 amide bonds. The zero-order valence-corrected chi connectivity index (χ0v) is 18.1. The quantitative estimate of drug-likeness (QED) is 0.478. The Kier molecular flexibility index (Phi) is 5.01. The van der Waals surface area contributed by atoms with Crippen LogP contribution in [-0.4, -0.2) is 47.2 Å². The molecule has 0 fully saturated rings. The SMILES string of the molecule is Cc1nn(C[C@@H](C)O)c(C)c1-c1cnc(NCc2c(F)ccc3c2CCO3)n2cnnc12. The average Bonchev–Trinajstić information content (AvgIpc) is 3.47. The Morgan fingerprint density at radius 1 is 1.31 bits per heavy atom. The van der Waals surface area contributed by atoms with Crippen LogP contribution in [0.2, 0.25) is 0 Å². The average molecular weight is 437 g/mol. The lowest BCUT2D eigenvalue weighted by molar-refractivity contribution is 0.167. The van der Waals surface area contributed by atoms with E-state index in [1.807, 2.05) is 13.8 Å². The molecule has 4 heterocycles. The van der Waals surface area contributed by atoms with Gasteiger partial charge in [-0.1, -0.05) is 0 Å². The van der Waals surface area contributed by atoms with E-state index in [-0.39, 0.29) is 12.4 Å². The molecule has 0 unspecified atom stereocenters. The van der Waals surface area contributed by atoms with E-state index < -0.39 is 6.10 Å². The summed E-state index contributed by atoms with van der Waals surface area (Å²) in [6, 6.07) is 3.11. The number of nitrogens with zero attached hydrogens (tertiary/aromatic N) is 6. The van der Waals surface area contributed by atoms with Gasteiger partial charge in [-0.05, 0) is 32.9 Å². The molecular weight excluding hydrogens is 413 g/mol. The fourth-order valence-electron chi connectivity index (χ4n) is 4.32. The second-order valence-electron chi connectivity index (χ2n) is 8.05. The summed E-state index contributed by atoms with van der Waals surface area (Å²) in [5.74, 6) is 0.979. The summed E-state index contributed by atoms with van der Waals surface area (Å²) in [5, 5.41) is 25.9. The first-order chi connectivity index (χ1) is 15.4. The number of anilines is 1. The highest BCUT2D eigenvalue weighted by molar-refractivity contribution is 5.80. The molecule has 3 aromatic heterocycles. The zero-order chi connectivity index (χ0) is 22.4. The smallest absolute Gasteiger partial charge is 0.210 e. The third-order valence-electron chi connectivity index (χ3n) is 5.78. The van der Waals surface area contributed by atoms with Gasteiger partial charge < -0.3 is 15.2 Å². The Labute approximate surface area is 183 Å². The van der Waals surface area contributed by atoms with Crippen molar-refractivity contribution in [2.75, 3.05) is 11.9 Å². The summed E-state index contributed by atoms with van der Waals surface area (Å²) < 4.78 is 23.6. The van der Waals surface area contributed by atoms with Gasteiger partial charge in [-0.3, -0.25) is 9.08 Å². The normalized spacial score (nSPS) is 13.9. The first-order valence-electron chi connectivity index (χ1n) is 10.5. The molecule has 1 aliphatic heterocycles. The van der Waals surface area contributed by atoms with Crippen molar-refractivity contribution < 1.29 is 14.2 Å². The van der Waals surface area contributed by atoms with Crippen molar-refractivity contribution >= 4 is 11.6 Å². The summed E-state index contributed by atoms with van der Waals surface area (Å²) in [4.78, 5) is 4.58. The van der Waals surface area contributed by atoms with Gasteiger partial charge >= 0.3 is 0 Å². The summed E-state index contributed by atoms with van der Waals surface area (Å²) in [7, 11) is 0. The number of nitrogens with one attached hydrogen (secondary N) is 1. The molecule has 166 valence electrons. The molecule has 0 radical (unpaired) electrons. The first kappa shape index (κ1) is 20.4. The number of ether oxygens (including phenoxy) is 1. The number of fused-ring (bicyclic) bond motifs is 2. The van der Waals surface area contributed by atoms with Crippen LogP contribution < -0.4 is 10.1 Å². The molecule has 1 aliphatic rings. The third kappa shape index (κ3) is 3.36. The van der Waals surface area contributed by atoms with Crippen molar-refractivity contribution in [3.63, 3.8) is 0 Å². The lowest BCUT2D eigenvalue weighted by Gasteiger charge is -2.13. The molecule has 1 aromatic carbocycles. The molecule has 0 aliphatic carbocycles. The minimum Gasteiger partial charge on any atom is -0.493 e. The van der Waals surface area contributed by atoms with Crippen molar-refractivity contribution in [3.8, 4) is 16.9 Å². The fraction of sp³-hybridized carbons (Fsp3) is 0.364. The van der Waals surface area contributed by atoms with Crippen LogP contribution in [-0.2, 0) is 19.5 Å². The maximum Gasteiger partial charge on any atom is 0.210 e. The van der Waals surface area contributed by atoms with E-state index in [9.17, 15) is 9.50 Å². The van der Waals surface area contributed by atoms with Gasteiger partial charge in [0.25, 0.3) is 0 Å². The fourth-order valence-corrected chi connectivity index (χ4v) is 4.32. The van der Waals surface area contributed by atoms with Gasteiger partial charge in [0.05, 0.1) is 24.9 Å². The molecule has 0 spiro atoms. The molecule has 5 rings (SSSR count). The van der Waals surface area contributed by atoms with Crippen molar-refractivity contribution in [3.05, 3.63) is 53.0 Å². The molecule has 2 N–H and O–H groups in total. The number of aromatic nitrogens is 6. The molecular formula is C22H24FN7O2. The van der Waals surface area contributed by atoms with Crippen molar-refractivity contribution in [1.82, 2.24) is 29.4 Å². The van der Waals surface area contributed by atoms with Crippen molar-refractivity contribution in [2.24, 2.45) is 0 Å². The highest BCUT2D eigenvalue weighted by atomic mass is 19.1. The lowest BCUT2D eigenvalue weighted by atomic mass is 10.0. The summed E-state index contributed by atoms with van der Waals surface area (Å²) in [5.41, 5.74) is 5.53. The van der Waals surface area contributed by atoms with Gasteiger partial charge in [-0.2, -0.15) is 5.10 Å². The number of aliphatic hydroxyl groups excluding tert-OH is 1. The molecule has 10 heteroatoms. The van der Waals surface area contributed by atoms with E-state index in [0.717, 1.165) is 33.8 Å². The second-order valence-corrected chi connectivity index (χ2v) is 8.05. The Morgan fingerprint density at radius 2 is 2.16 bits per heavy atom. The minimum atomic E-state index is -0.510. The van der Waals surface area contributed by atoms with Crippen molar-refractivity contribution in [1.29, 1.82) is 0 Å². The van der Waals surface area contributed by atoms with Gasteiger partial charge in [0.15, 0.2) is 5.65 Å². The predicted molar refractivity (Wildman–Crippen MR) is 116 cm³/mol. The molecule has 32 heavy (non-hydrogen) atoms. The maximum absolute atomic E-state index is 14.5. The number of benzene rings is 1.